The van der Waals surface area contributed by atoms with Gasteiger partial charge in [-0.15, -0.1) is 0 Å². The number of hydrogen-bond donors (Lipinski definition) is 1. The molecule has 5 nitrogen and oxygen atoms in total. The van der Waals surface area contributed by atoms with E-state index in [-0.39, 0.29) is 18.2 Å². The summed E-state index contributed by atoms with van der Waals surface area (Å²) in [6, 6.07) is 10.3. The van der Waals surface area contributed by atoms with Crippen LogP contribution in [0.5, 0.6) is 0 Å². The van der Waals surface area contributed by atoms with Gasteiger partial charge in [-0.1, -0.05) is 30.3 Å². The molecule has 2 fully saturated rings. The maximum absolute atomic E-state index is 12.9. The third kappa shape index (κ3) is 3.11. The van der Waals surface area contributed by atoms with Crippen LogP contribution in [0.4, 0.5) is 4.79 Å². The third-order valence-corrected chi connectivity index (χ3v) is 6.54. The highest BCUT2D eigenvalue weighted by Gasteiger charge is 2.50. The molecule has 2 aromatic carbocycles. The van der Waals surface area contributed by atoms with Gasteiger partial charge in [-0.05, 0) is 61.1 Å². The number of benzene rings is 2. The highest BCUT2D eigenvalue weighted by molar-refractivity contribution is 5.93. The van der Waals surface area contributed by atoms with Gasteiger partial charge in [-0.25, -0.2) is 4.79 Å². The van der Waals surface area contributed by atoms with Crippen LogP contribution in [0.3, 0.4) is 0 Å². The van der Waals surface area contributed by atoms with Crippen LogP contribution >= 0.6 is 0 Å². The molecule has 1 aliphatic carbocycles. The van der Waals surface area contributed by atoms with Gasteiger partial charge in [0, 0.05) is 12.8 Å². The van der Waals surface area contributed by atoms with Crippen LogP contribution in [0, 0.1) is 0 Å². The standard InChI is InChI=1S/C24H29NO4/c1-23(2,3)29-22(26)25-17-11-24(27,12-18(25)14-28-13-17)20-10-9-16-8-7-15-5-4-6-19(20)21(15)16/h4-6,9-10,17-18,27H,7-8,11-14H2,1-3H3. The molecule has 2 saturated heterocycles. The lowest BCUT2D eigenvalue weighted by Crippen LogP contribution is -2.63. The maximum Gasteiger partial charge on any atom is 0.410 e. The Hall–Kier alpha value is -2.11. The minimum Gasteiger partial charge on any atom is -0.444 e. The maximum atomic E-state index is 12.9. The molecule has 3 aliphatic rings. The molecule has 2 aliphatic heterocycles. The van der Waals surface area contributed by atoms with Crippen LogP contribution in [-0.2, 0) is 27.9 Å². The van der Waals surface area contributed by atoms with E-state index in [9.17, 15) is 9.90 Å². The molecular weight excluding hydrogens is 366 g/mol. The number of carbonyl (C=O) groups excluding carboxylic acids is 1. The van der Waals surface area contributed by atoms with E-state index < -0.39 is 11.2 Å². The smallest absolute Gasteiger partial charge is 0.410 e. The monoisotopic (exact) mass is 395 g/mol. The molecule has 0 radical (unpaired) electrons. The van der Waals surface area contributed by atoms with Gasteiger partial charge in [0.05, 0.1) is 30.9 Å². The Morgan fingerprint density at radius 1 is 1.10 bits per heavy atom. The zero-order valence-electron chi connectivity index (χ0n) is 17.4. The van der Waals surface area contributed by atoms with Crippen molar-refractivity contribution in [2.24, 2.45) is 0 Å². The Morgan fingerprint density at radius 3 is 2.41 bits per heavy atom. The fraction of sp³-hybridized carbons (Fsp3) is 0.542. The molecule has 5 rings (SSSR count). The normalized spacial score (nSPS) is 28.6. The van der Waals surface area contributed by atoms with Gasteiger partial charge < -0.3 is 14.6 Å². The van der Waals surface area contributed by atoms with E-state index in [0.717, 1.165) is 23.8 Å². The Morgan fingerprint density at radius 2 is 1.76 bits per heavy atom. The van der Waals surface area contributed by atoms with Crippen LogP contribution in [0.2, 0.25) is 0 Å². The number of piperidine rings is 1. The molecule has 2 aromatic rings. The number of aliphatic hydroxyl groups is 1. The number of fused-ring (bicyclic) bond motifs is 2. The van der Waals surface area contributed by atoms with Crippen molar-refractivity contribution in [3.63, 3.8) is 0 Å². The predicted octanol–water partition coefficient (Wildman–Crippen LogP) is 3.92. The van der Waals surface area contributed by atoms with Gasteiger partial charge in [0.15, 0.2) is 0 Å². The van der Waals surface area contributed by atoms with E-state index in [4.69, 9.17) is 9.47 Å². The lowest BCUT2D eigenvalue weighted by Gasteiger charge is -2.51. The van der Waals surface area contributed by atoms with Crippen molar-refractivity contribution < 1.29 is 19.4 Å². The second-order valence-corrected chi connectivity index (χ2v) is 9.78. The lowest BCUT2D eigenvalue weighted by molar-refractivity contribution is -0.140. The molecule has 1 amide bonds. The molecule has 0 aromatic heterocycles. The van der Waals surface area contributed by atoms with E-state index in [2.05, 4.69) is 30.3 Å². The van der Waals surface area contributed by atoms with Crippen molar-refractivity contribution in [2.45, 2.75) is 69.7 Å². The summed E-state index contributed by atoms with van der Waals surface area (Å²) >= 11 is 0. The lowest BCUT2D eigenvalue weighted by atomic mass is 9.75. The number of ether oxygens (including phenoxy) is 2. The summed E-state index contributed by atoms with van der Waals surface area (Å²) in [6.45, 7) is 6.50. The number of aryl methyl sites for hydroxylation is 2. The average Bonchev–Trinajstić information content (AvgIpc) is 3.05. The molecule has 29 heavy (non-hydrogen) atoms. The van der Waals surface area contributed by atoms with Gasteiger partial charge >= 0.3 is 6.09 Å². The Balaban J connectivity index is 1.51. The average molecular weight is 395 g/mol. The van der Waals surface area contributed by atoms with E-state index >= 15 is 0 Å². The summed E-state index contributed by atoms with van der Waals surface area (Å²) in [5, 5.41) is 14.3. The molecule has 0 saturated carbocycles. The SMILES string of the molecule is CC(C)(C)OC(=O)N1C2COCC1CC(O)(c1ccc3c4c(cccc14)CC3)C2. The zero-order valence-corrected chi connectivity index (χ0v) is 17.4. The van der Waals surface area contributed by atoms with Crippen molar-refractivity contribution in [3.05, 3.63) is 47.0 Å². The number of rotatable bonds is 1. The number of amides is 1. The van der Waals surface area contributed by atoms with Gasteiger partial charge in [0.2, 0.25) is 0 Å². The molecule has 2 unspecified atom stereocenters. The number of nitrogens with zero attached hydrogens (tertiary/aromatic N) is 1. The third-order valence-electron chi connectivity index (χ3n) is 6.54. The zero-order chi connectivity index (χ0) is 20.4. The Kier molecular flexibility index (Phi) is 4.20. The van der Waals surface area contributed by atoms with Gasteiger partial charge in [0.25, 0.3) is 0 Å². The van der Waals surface area contributed by atoms with Gasteiger partial charge in [0.1, 0.15) is 5.60 Å². The summed E-state index contributed by atoms with van der Waals surface area (Å²) in [5.74, 6) is 0. The summed E-state index contributed by atoms with van der Waals surface area (Å²) in [6.07, 6.45) is 2.75. The molecule has 0 spiro atoms. The fourth-order valence-corrected chi connectivity index (χ4v) is 5.46. The second kappa shape index (κ2) is 6.44. The number of morpholine rings is 1. The van der Waals surface area contributed by atoms with Crippen LogP contribution in [0.1, 0.15) is 50.3 Å². The van der Waals surface area contributed by atoms with Crippen LogP contribution < -0.4 is 0 Å². The van der Waals surface area contributed by atoms with Gasteiger partial charge in [-0.2, -0.15) is 0 Å². The molecule has 1 N–H and O–H groups in total. The van der Waals surface area contributed by atoms with Crippen LogP contribution in [0.25, 0.3) is 10.8 Å². The first kappa shape index (κ1) is 18.9. The van der Waals surface area contributed by atoms with Crippen molar-refractivity contribution in [3.8, 4) is 0 Å². The Bertz CT molecular complexity index is 952. The van der Waals surface area contributed by atoms with E-state index in [0.29, 0.717) is 26.1 Å². The van der Waals surface area contributed by atoms with Crippen LogP contribution in [0.15, 0.2) is 30.3 Å². The highest BCUT2D eigenvalue weighted by atomic mass is 16.6. The van der Waals surface area contributed by atoms with E-state index in [1.165, 1.54) is 16.5 Å². The summed E-state index contributed by atoms with van der Waals surface area (Å²) in [7, 11) is 0. The summed E-state index contributed by atoms with van der Waals surface area (Å²) in [4.78, 5) is 14.7. The number of carbonyl (C=O) groups is 1. The van der Waals surface area contributed by atoms with Crippen molar-refractivity contribution in [2.75, 3.05) is 13.2 Å². The van der Waals surface area contributed by atoms with E-state index in [1.807, 2.05) is 25.7 Å². The van der Waals surface area contributed by atoms with Crippen molar-refractivity contribution >= 4 is 16.9 Å². The molecule has 2 atom stereocenters. The fourth-order valence-electron chi connectivity index (χ4n) is 5.46. The topological polar surface area (TPSA) is 59.0 Å². The first-order valence-corrected chi connectivity index (χ1v) is 10.6. The van der Waals surface area contributed by atoms with Crippen molar-refractivity contribution in [1.82, 2.24) is 4.90 Å². The first-order valence-electron chi connectivity index (χ1n) is 10.6. The molecule has 154 valence electrons. The minimum absolute atomic E-state index is 0.189. The summed E-state index contributed by atoms with van der Waals surface area (Å²) in [5.41, 5.74) is 2.21. The minimum atomic E-state index is -0.975. The summed E-state index contributed by atoms with van der Waals surface area (Å²) < 4.78 is 11.4. The predicted molar refractivity (Wildman–Crippen MR) is 111 cm³/mol. The van der Waals surface area contributed by atoms with Gasteiger partial charge in [-0.3, -0.25) is 4.90 Å². The van der Waals surface area contributed by atoms with Crippen molar-refractivity contribution in [1.29, 1.82) is 0 Å². The Labute approximate surface area is 171 Å². The quantitative estimate of drug-likeness (QED) is 0.795. The molecule has 2 bridgehead atoms. The number of hydrogen-bond acceptors (Lipinski definition) is 4. The molecular formula is C24H29NO4. The molecule has 5 heteroatoms. The first-order chi connectivity index (χ1) is 13.8. The van der Waals surface area contributed by atoms with Crippen LogP contribution in [-0.4, -0.2) is 47.0 Å². The highest BCUT2D eigenvalue weighted by Crippen LogP contribution is 2.45. The van der Waals surface area contributed by atoms with E-state index in [1.54, 1.807) is 0 Å². The second-order valence-electron chi connectivity index (χ2n) is 9.78. The largest absolute Gasteiger partial charge is 0.444 e. The molecule has 2 heterocycles.